The van der Waals surface area contributed by atoms with Gasteiger partial charge in [-0.1, -0.05) is 43.0 Å². The molecule has 2 unspecified atom stereocenters. The standard InChI is InChI=1S/C15H20ClNO/c16-12-6-4-5-11(9-12)10-15(18)13-7-2-1-3-8-14(13)17/h4-6,9,13-14H,1-3,7-8,10,17H2. The average Bonchev–Trinajstić information content (AvgIpc) is 2.54. The maximum atomic E-state index is 12.3. The van der Waals surface area contributed by atoms with Gasteiger partial charge < -0.3 is 5.73 Å². The molecule has 1 saturated carbocycles. The number of carbonyl (C=O) groups excluding carboxylic acids is 1. The van der Waals surface area contributed by atoms with Crippen molar-refractivity contribution in [2.75, 3.05) is 0 Å². The van der Waals surface area contributed by atoms with Crippen molar-refractivity contribution < 1.29 is 4.79 Å². The molecule has 2 rings (SSSR count). The normalized spacial score (nSPS) is 24.6. The highest BCUT2D eigenvalue weighted by Gasteiger charge is 2.26. The zero-order valence-electron chi connectivity index (χ0n) is 10.6. The Labute approximate surface area is 114 Å². The highest BCUT2D eigenvalue weighted by Crippen LogP contribution is 2.24. The highest BCUT2D eigenvalue weighted by molar-refractivity contribution is 6.30. The molecule has 1 aliphatic carbocycles. The van der Waals surface area contributed by atoms with Crippen LogP contribution in [-0.2, 0) is 11.2 Å². The molecule has 0 aromatic heterocycles. The van der Waals surface area contributed by atoms with Crippen LogP contribution in [0.1, 0.15) is 37.7 Å². The summed E-state index contributed by atoms with van der Waals surface area (Å²) in [5.41, 5.74) is 7.11. The van der Waals surface area contributed by atoms with Gasteiger partial charge in [0.2, 0.25) is 0 Å². The van der Waals surface area contributed by atoms with Gasteiger partial charge in [0.25, 0.3) is 0 Å². The monoisotopic (exact) mass is 265 g/mol. The number of ketones is 1. The number of halogens is 1. The fourth-order valence-corrected chi connectivity index (χ4v) is 2.93. The van der Waals surface area contributed by atoms with Crippen molar-refractivity contribution in [1.82, 2.24) is 0 Å². The molecule has 98 valence electrons. The molecule has 0 bridgehead atoms. The summed E-state index contributed by atoms with van der Waals surface area (Å²) in [6.45, 7) is 0. The zero-order valence-corrected chi connectivity index (χ0v) is 11.3. The Hall–Kier alpha value is -0.860. The third-order valence-electron chi connectivity index (χ3n) is 3.75. The van der Waals surface area contributed by atoms with Crippen LogP contribution >= 0.6 is 11.6 Å². The molecule has 2 atom stereocenters. The van der Waals surface area contributed by atoms with E-state index in [-0.39, 0.29) is 17.7 Å². The largest absolute Gasteiger partial charge is 0.327 e. The second kappa shape index (κ2) is 6.35. The van der Waals surface area contributed by atoms with E-state index in [0.29, 0.717) is 11.4 Å². The van der Waals surface area contributed by atoms with E-state index in [9.17, 15) is 4.79 Å². The second-order valence-corrected chi connectivity index (χ2v) is 5.62. The van der Waals surface area contributed by atoms with Gasteiger partial charge in [-0.05, 0) is 30.5 Å². The summed E-state index contributed by atoms with van der Waals surface area (Å²) in [5, 5.41) is 0.686. The Morgan fingerprint density at radius 3 is 2.83 bits per heavy atom. The van der Waals surface area contributed by atoms with Crippen molar-refractivity contribution in [1.29, 1.82) is 0 Å². The molecule has 0 radical (unpaired) electrons. The van der Waals surface area contributed by atoms with Crippen molar-refractivity contribution in [2.45, 2.75) is 44.6 Å². The lowest BCUT2D eigenvalue weighted by Gasteiger charge is -2.20. The van der Waals surface area contributed by atoms with Crippen LogP contribution in [0.25, 0.3) is 0 Å². The molecule has 0 saturated heterocycles. The van der Waals surface area contributed by atoms with Crippen LogP contribution in [0.5, 0.6) is 0 Å². The van der Waals surface area contributed by atoms with E-state index >= 15 is 0 Å². The quantitative estimate of drug-likeness (QED) is 0.852. The fraction of sp³-hybridized carbons (Fsp3) is 0.533. The van der Waals surface area contributed by atoms with Crippen LogP contribution in [0, 0.1) is 5.92 Å². The number of Topliss-reactive ketones (excluding diaryl/α,β-unsaturated/α-hetero) is 1. The van der Waals surface area contributed by atoms with Gasteiger partial charge in [-0.3, -0.25) is 4.79 Å². The highest BCUT2D eigenvalue weighted by atomic mass is 35.5. The van der Waals surface area contributed by atoms with Crippen LogP contribution in [0.2, 0.25) is 5.02 Å². The third-order valence-corrected chi connectivity index (χ3v) is 3.99. The number of carbonyl (C=O) groups is 1. The number of hydrogen-bond acceptors (Lipinski definition) is 2. The maximum Gasteiger partial charge on any atom is 0.141 e. The lowest BCUT2D eigenvalue weighted by Crippen LogP contribution is -2.35. The number of nitrogens with two attached hydrogens (primary N) is 1. The van der Waals surface area contributed by atoms with Crippen molar-refractivity contribution in [3.8, 4) is 0 Å². The third kappa shape index (κ3) is 3.56. The molecule has 2 nitrogen and oxygen atoms in total. The van der Waals surface area contributed by atoms with E-state index in [2.05, 4.69) is 0 Å². The minimum atomic E-state index is 0.0338. The summed E-state index contributed by atoms with van der Waals surface area (Å²) in [6.07, 6.45) is 5.86. The molecule has 2 N–H and O–H groups in total. The van der Waals surface area contributed by atoms with Crippen molar-refractivity contribution in [3.05, 3.63) is 34.9 Å². The average molecular weight is 266 g/mol. The summed E-state index contributed by atoms with van der Waals surface area (Å²) >= 11 is 5.93. The summed E-state index contributed by atoms with van der Waals surface area (Å²) < 4.78 is 0. The minimum absolute atomic E-state index is 0.0338. The van der Waals surface area contributed by atoms with Gasteiger partial charge in [0, 0.05) is 23.4 Å². The molecule has 0 amide bonds. The molecule has 0 aliphatic heterocycles. The summed E-state index contributed by atoms with van der Waals surface area (Å²) in [7, 11) is 0. The van der Waals surface area contributed by atoms with Crippen LogP contribution < -0.4 is 5.73 Å². The number of rotatable bonds is 3. The van der Waals surface area contributed by atoms with E-state index in [1.54, 1.807) is 0 Å². The van der Waals surface area contributed by atoms with Gasteiger partial charge in [-0.2, -0.15) is 0 Å². The van der Waals surface area contributed by atoms with Gasteiger partial charge in [0.15, 0.2) is 0 Å². The SMILES string of the molecule is NC1CCCCCC1C(=O)Cc1cccc(Cl)c1. The molecule has 0 spiro atoms. The molecule has 0 heterocycles. The first-order valence-electron chi connectivity index (χ1n) is 6.69. The predicted molar refractivity (Wildman–Crippen MR) is 74.7 cm³/mol. The van der Waals surface area contributed by atoms with E-state index in [1.807, 2.05) is 24.3 Å². The van der Waals surface area contributed by atoms with Crippen LogP contribution in [0.4, 0.5) is 0 Å². The molecule has 18 heavy (non-hydrogen) atoms. The van der Waals surface area contributed by atoms with Gasteiger partial charge in [-0.15, -0.1) is 0 Å². The Morgan fingerprint density at radius 1 is 1.28 bits per heavy atom. The Balaban J connectivity index is 2.02. The first kappa shape index (κ1) is 13.6. The summed E-state index contributed by atoms with van der Waals surface area (Å²) in [5.74, 6) is 0.304. The van der Waals surface area contributed by atoms with E-state index in [0.717, 1.165) is 31.2 Å². The van der Waals surface area contributed by atoms with Crippen molar-refractivity contribution >= 4 is 17.4 Å². The summed E-state index contributed by atoms with van der Waals surface area (Å²) in [6, 6.07) is 7.57. The molecule has 1 fully saturated rings. The van der Waals surface area contributed by atoms with Crippen LogP contribution in [-0.4, -0.2) is 11.8 Å². The molecule has 3 heteroatoms. The lowest BCUT2D eigenvalue weighted by molar-refractivity contribution is -0.123. The molecular formula is C15H20ClNO. The van der Waals surface area contributed by atoms with Gasteiger partial charge >= 0.3 is 0 Å². The molecular weight excluding hydrogens is 246 g/mol. The Bertz CT molecular complexity index is 419. The number of benzene rings is 1. The Morgan fingerprint density at radius 2 is 2.06 bits per heavy atom. The van der Waals surface area contributed by atoms with Crippen LogP contribution in [0.15, 0.2) is 24.3 Å². The topological polar surface area (TPSA) is 43.1 Å². The van der Waals surface area contributed by atoms with Gasteiger partial charge in [-0.25, -0.2) is 0 Å². The first-order valence-corrected chi connectivity index (χ1v) is 7.07. The van der Waals surface area contributed by atoms with E-state index in [4.69, 9.17) is 17.3 Å². The smallest absolute Gasteiger partial charge is 0.141 e. The van der Waals surface area contributed by atoms with Crippen molar-refractivity contribution in [3.63, 3.8) is 0 Å². The maximum absolute atomic E-state index is 12.3. The van der Waals surface area contributed by atoms with E-state index in [1.165, 1.54) is 6.42 Å². The minimum Gasteiger partial charge on any atom is -0.327 e. The van der Waals surface area contributed by atoms with Gasteiger partial charge in [0.1, 0.15) is 5.78 Å². The van der Waals surface area contributed by atoms with Crippen LogP contribution in [0.3, 0.4) is 0 Å². The van der Waals surface area contributed by atoms with Crippen molar-refractivity contribution in [2.24, 2.45) is 11.7 Å². The molecule has 1 aliphatic rings. The number of hydrogen-bond donors (Lipinski definition) is 1. The molecule has 1 aromatic rings. The fourth-order valence-electron chi connectivity index (χ4n) is 2.72. The lowest BCUT2D eigenvalue weighted by atomic mass is 9.88. The zero-order chi connectivity index (χ0) is 13.0. The van der Waals surface area contributed by atoms with E-state index < -0.39 is 0 Å². The summed E-state index contributed by atoms with van der Waals surface area (Å²) in [4.78, 5) is 12.3. The molecule has 1 aromatic carbocycles. The predicted octanol–water partition coefficient (Wildman–Crippen LogP) is 3.36. The Kier molecular flexibility index (Phi) is 4.79. The second-order valence-electron chi connectivity index (χ2n) is 5.18. The van der Waals surface area contributed by atoms with Gasteiger partial charge in [0.05, 0.1) is 0 Å². The first-order chi connectivity index (χ1) is 8.66.